The molecule has 0 bridgehead atoms. The maximum absolute atomic E-state index is 14.8. The van der Waals surface area contributed by atoms with Gasteiger partial charge in [-0.15, -0.1) is 0 Å². The number of halogens is 3. The first kappa shape index (κ1) is 28.6. The minimum atomic E-state index is -2.92. The van der Waals surface area contributed by atoms with Gasteiger partial charge in [-0.1, -0.05) is 18.2 Å². The van der Waals surface area contributed by atoms with Gasteiger partial charge >= 0.3 is 0 Å². The zero-order chi connectivity index (χ0) is 29.1. The number of fused-ring (bicyclic) bond motifs is 1. The summed E-state index contributed by atoms with van der Waals surface area (Å²) in [7, 11) is 6.74. The molecule has 0 saturated carbocycles. The van der Waals surface area contributed by atoms with Crippen molar-refractivity contribution < 1.29 is 22.7 Å². The van der Waals surface area contributed by atoms with Crippen LogP contribution in [0.5, 0.6) is 5.88 Å². The van der Waals surface area contributed by atoms with Gasteiger partial charge in [0.1, 0.15) is 17.5 Å². The molecule has 0 unspecified atom stereocenters. The SMILES string of the molecule is COc1ncc(N(C)c2ccc3nc(C)nc(N[C@H](C)c4cccc(C(F)F)c4F)c3c2)cc1CC(=O)N(C)C. The summed E-state index contributed by atoms with van der Waals surface area (Å²) < 4.78 is 46.7. The van der Waals surface area contributed by atoms with Gasteiger partial charge in [0.05, 0.1) is 42.5 Å². The number of rotatable bonds is 9. The molecule has 0 aliphatic heterocycles. The highest BCUT2D eigenvalue weighted by Gasteiger charge is 2.21. The number of ether oxygens (including phenoxy) is 1. The lowest BCUT2D eigenvalue weighted by atomic mass is 10.0. The van der Waals surface area contributed by atoms with Crippen molar-refractivity contribution in [2.45, 2.75) is 32.7 Å². The Morgan fingerprint density at radius 3 is 2.45 bits per heavy atom. The maximum Gasteiger partial charge on any atom is 0.266 e. The summed E-state index contributed by atoms with van der Waals surface area (Å²) in [5.41, 5.74) is 2.28. The second kappa shape index (κ2) is 11.8. The predicted octanol–water partition coefficient (Wildman–Crippen LogP) is 5.99. The number of likely N-dealkylation sites (N-methyl/N-ethyl adjacent to an activating group) is 1. The summed E-state index contributed by atoms with van der Waals surface area (Å²) in [5.74, 6) is 0.289. The Balaban J connectivity index is 1.70. The lowest BCUT2D eigenvalue weighted by Crippen LogP contribution is -2.24. The first-order valence-corrected chi connectivity index (χ1v) is 12.6. The summed E-state index contributed by atoms with van der Waals surface area (Å²) in [6.45, 7) is 3.43. The largest absolute Gasteiger partial charge is 0.481 e. The number of hydrogen-bond acceptors (Lipinski definition) is 7. The Hall–Kier alpha value is -4.41. The topological polar surface area (TPSA) is 83.5 Å². The molecular weight excluding hydrogens is 521 g/mol. The fourth-order valence-corrected chi connectivity index (χ4v) is 4.35. The summed E-state index contributed by atoms with van der Waals surface area (Å²) in [5, 5.41) is 3.85. The van der Waals surface area contributed by atoms with Crippen molar-refractivity contribution in [3.8, 4) is 5.88 Å². The lowest BCUT2D eigenvalue weighted by Gasteiger charge is -2.22. The summed E-state index contributed by atoms with van der Waals surface area (Å²) in [6, 6.07) is 10.8. The molecule has 2 heterocycles. The first-order valence-electron chi connectivity index (χ1n) is 12.6. The Bertz CT molecular complexity index is 1550. The van der Waals surface area contributed by atoms with Crippen molar-refractivity contribution in [2.75, 3.05) is 38.5 Å². The number of carbonyl (C=O) groups is 1. The van der Waals surface area contributed by atoms with Crippen LogP contribution in [0.2, 0.25) is 0 Å². The van der Waals surface area contributed by atoms with Crippen LogP contribution in [-0.4, -0.2) is 54.0 Å². The van der Waals surface area contributed by atoms with Gasteiger partial charge in [-0.2, -0.15) is 0 Å². The molecule has 2 aromatic carbocycles. The van der Waals surface area contributed by atoms with E-state index in [1.807, 2.05) is 36.2 Å². The van der Waals surface area contributed by atoms with Crippen molar-refractivity contribution in [2.24, 2.45) is 0 Å². The van der Waals surface area contributed by atoms with E-state index in [0.29, 0.717) is 34.0 Å². The Labute approximate surface area is 230 Å². The van der Waals surface area contributed by atoms with E-state index in [1.54, 1.807) is 34.1 Å². The molecule has 1 atom stereocenters. The number of alkyl halides is 2. The molecule has 40 heavy (non-hydrogen) atoms. The Morgan fingerprint density at radius 2 is 1.77 bits per heavy atom. The molecule has 1 N–H and O–H groups in total. The summed E-state index contributed by atoms with van der Waals surface area (Å²) in [4.78, 5) is 29.2. The Kier molecular flexibility index (Phi) is 8.41. The number of methoxy groups -OCH3 is 1. The zero-order valence-electron chi connectivity index (χ0n) is 23.2. The standard InChI is InChI=1S/C29H31F3N6O2/c1-16(21-8-7-9-22(26(21)30)27(31)32)34-28-23-14-19(10-11-24(23)35-17(2)36-28)38(5)20-12-18(13-25(39)37(3)4)29(40-6)33-15-20/h7-12,14-16,27H,13H2,1-6H3,(H,34,35,36)/t16-/m1/s1. The van der Waals surface area contributed by atoms with Gasteiger partial charge in [0.15, 0.2) is 0 Å². The van der Waals surface area contributed by atoms with Crippen LogP contribution in [0.4, 0.5) is 30.4 Å². The molecule has 0 radical (unpaired) electrons. The van der Waals surface area contributed by atoms with E-state index < -0.39 is 23.8 Å². The molecule has 11 heteroatoms. The van der Waals surface area contributed by atoms with E-state index >= 15 is 0 Å². The van der Waals surface area contributed by atoms with E-state index in [1.165, 1.54) is 24.1 Å². The van der Waals surface area contributed by atoms with Crippen molar-refractivity contribution in [1.29, 1.82) is 0 Å². The quantitative estimate of drug-likeness (QED) is 0.273. The second-order valence-electron chi connectivity index (χ2n) is 9.62. The molecular formula is C29H31F3N6O2. The van der Waals surface area contributed by atoms with E-state index in [9.17, 15) is 18.0 Å². The average Bonchev–Trinajstić information content (AvgIpc) is 2.92. The predicted molar refractivity (Wildman–Crippen MR) is 149 cm³/mol. The van der Waals surface area contributed by atoms with Crippen molar-refractivity contribution in [3.05, 3.63) is 77.0 Å². The van der Waals surface area contributed by atoms with Crippen LogP contribution >= 0.6 is 0 Å². The van der Waals surface area contributed by atoms with E-state index in [4.69, 9.17) is 4.74 Å². The lowest BCUT2D eigenvalue weighted by molar-refractivity contribution is -0.128. The first-order chi connectivity index (χ1) is 19.0. The van der Waals surface area contributed by atoms with Gasteiger partial charge in [-0.05, 0) is 38.1 Å². The number of pyridine rings is 1. The molecule has 0 aliphatic carbocycles. The fraction of sp³-hybridized carbons (Fsp3) is 0.310. The van der Waals surface area contributed by atoms with Crippen LogP contribution in [0, 0.1) is 12.7 Å². The van der Waals surface area contributed by atoms with Crippen LogP contribution in [0.15, 0.2) is 48.7 Å². The monoisotopic (exact) mass is 552 g/mol. The van der Waals surface area contributed by atoms with Crippen LogP contribution < -0.4 is 15.0 Å². The van der Waals surface area contributed by atoms with E-state index in [-0.39, 0.29) is 17.9 Å². The van der Waals surface area contributed by atoms with Crippen molar-refractivity contribution in [3.63, 3.8) is 0 Å². The van der Waals surface area contributed by atoms with E-state index in [0.717, 1.165) is 17.4 Å². The van der Waals surface area contributed by atoms with Crippen LogP contribution in [0.1, 0.15) is 41.9 Å². The Morgan fingerprint density at radius 1 is 1.05 bits per heavy atom. The van der Waals surface area contributed by atoms with Crippen molar-refractivity contribution >= 4 is 34.0 Å². The van der Waals surface area contributed by atoms with Crippen LogP contribution in [-0.2, 0) is 11.2 Å². The summed E-state index contributed by atoms with van der Waals surface area (Å²) >= 11 is 0. The van der Waals surface area contributed by atoms with E-state index in [2.05, 4.69) is 20.3 Å². The number of benzene rings is 2. The number of aryl methyl sites for hydroxylation is 1. The number of nitrogens with zero attached hydrogens (tertiary/aromatic N) is 5. The third-order valence-electron chi connectivity index (χ3n) is 6.62. The third kappa shape index (κ3) is 5.93. The highest BCUT2D eigenvalue weighted by molar-refractivity contribution is 5.92. The van der Waals surface area contributed by atoms with Gasteiger partial charge in [-0.25, -0.2) is 28.1 Å². The highest BCUT2D eigenvalue weighted by Crippen LogP contribution is 2.34. The fourth-order valence-electron chi connectivity index (χ4n) is 4.35. The molecule has 1 amide bonds. The minimum Gasteiger partial charge on any atom is -0.481 e. The number of nitrogens with one attached hydrogen (secondary N) is 1. The van der Waals surface area contributed by atoms with Gasteiger partial charge in [0.25, 0.3) is 6.43 Å². The van der Waals surface area contributed by atoms with Gasteiger partial charge < -0.3 is 19.9 Å². The zero-order valence-corrected chi connectivity index (χ0v) is 23.2. The van der Waals surface area contributed by atoms with Gasteiger partial charge in [-0.3, -0.25) is 4.79 Å². The molecule has 8 nitrogen and oxygen atoms in total. The molecule has 4 aromatic rings. The second-order valence-corrected chi connectivity index (χ2v) is 9.62. The van der Waals surface area contributed by atoms with Crippen LogP contribution in [0.25, 0.3) is 10.9 Å². The third-order valence-corrected chi connectivity index (χ3v) is 6.62. The van der Waals surface area contributed by atoms with Gasteiger partial charge in [0.2, 0.25) is 11.8 Å². The number of amides is 1. The maximum atomic E-state index is 14.8. The molecule has 0 spiro atoms. The number of anilines is 3. The van der Waals surface area contributed by atoms with Crippen molar-refractivity contribution in [1.82, 2.24) is 19.9 Å². The number of hydrogen-bond donors (Lipinski definition) is 1. The molecule has 2 aromatic heterocycles. The average molecular weight is 553 g/mol. The van der Waals surface area contributed by atoms with Gasteiger partial charge in [0, 0.05) is 43.3 Å². The molecule has 0 aliphatic rings. The number of carbonyl (C=O) groups excluding carboxylic acids is 1. The smallest absolute Gasteiger partial charge is 0.266 e. The minimum absolute atomic E-state index is 0.0847. The summed E-state index contributed by atoms with van der Waals surface area (Å²) in [6.07, 6.45) is -1.13. The molecule has 210 valence electrons. The highest BCUT2D eigenvalue weighted by atomic mass is 19.3. The molecule has 4 rings (SSSR count). The molecule has 0 saturated heterocycles. The molecule has 0 fully saturated rings. The number of aromatic nitrogens is 3. The van der Waals surface area contributed by atoms with Crippen LogP contribution in [0.3, 0.4) is 0 Å². The normalized spacial score (nSPS) is 11.9.